The van der Waals surface area contributed by atoms with Crippen molar-refractivity contribution >= 4 is 11.6 Å². The largest absolute Gasteiger partial charge is 0.504 e. The van der Waals surface area contributed by atoms with Crippen LogP contribution in [0.2, 0.25) is 0 Å². The lowest BCUT2D eigenvalue weighted by Crippen LogP contribution is -2.27. The first-order valence-corrected chi connectivity index (χ1v) is 5.62. The first kappa shape index (κ1) is 14.3. The minimum Gasteiger partial charge on any atom is -0.504 e. The third kappa shape index (κ3) is 4.63. The monoisotopic (exact) mass is 253 g/mol. The van der Waals surface area contributed by atoms with Crippen molar-refractivity contribution in [3.05, 3.63) is 18.2 Å². The van der Waals surface area contributed by atoms with Gasteiger partial charge in [-0.15, -0.1) is 0 Å². The Morgan fingerprint density at radius 2 is 2.06 bits per heavy atom. The third-order valence-corrected chi connectivity index (χ3v) is 2.10. The van der Waals surface area contributed by atoms with Crippen molar-refractivity contribution in [2.24, 2.45) is 0 Å². The van der Waals surface area contributed by atoms with Crippen molar-refractivity contribution in [3.63, 3.8) is 0 Å². The van der Waals surface area contributed by atoms with E-state index in [4.69, 9.17) is 9.47 Å². The first-order valence-electron chi connectivity index (χ1n) is 5.62. The molecule has 0 spiro atoms. The van der Waals surface area contributed by atoms with Gasteiger partial charge in [0.05, 0.1) is 12.7 Å². The van der Waals surface area contributed by atoms with Crippen LogP contribution in [0.15, 0.2) is 18.2 Å². The Morgan fingerprint density at radius 1 is 1.39 bits per heavy atom. The molecule has 18 heavy (non-hydrogen) atoms. The standard InChI is InChI=1S/C13H19NO4/c1-13(2,3)18-8-12(16)14-9-5-6-11(17-4)10(15)7-9/h5-7,15H,8H2,1-4H3,(H,14,16). The molecule has 2 N–H and O–H groups in total. The average molecular weight is 253 g/mol. The molecule has 0 fully saturated rings. The third-order valence-electron chi connectivity index (χ3n) is 2.10. The summed E-state index contributed by atoms with van der Waals surface area (Å²) >= 11 is 0. The molecule has 5 nitrogen and oxygen atoms in total. The number of hydrogen-bond donors (Lipinski definition) is 2. The van der Waals surface area contributed by atoms with E-state index in [0.29, 0.717) is 11.4 Å². The van der Waals surface area contributed by atoms with Crippen LogP contribution in [0.25, 0.3) is 0 Å². The van der Waals surface area contributed by atoms with E-state index in [1.165, 1.54) is 13.2 Å². The van der Waals surface area contributed by atoms with Gasteiger partial charge in [0.1, 0.15) is 6.61 Å². The molecule has 0 bridgehead atoms. The zero-order valence-electron chi connectivity index (χ0n) is 11.1. The van der Waals surface area contributed by atoms with E-state index in [2.05, 4.69) is 5.32 Å². The first-order chi connectivity index (χ1) is 8.31. The summed E-state index contributed by atoms with van der Waals surface area (Å²) in [7, 11) is 1.46. The molecule has 1 amide bonds. The Labute approximate surface area is 107 Å². The molecule has 0 aliphatic heterocycles. The molecule has 0 aromatic heterocycles. The van der Waals surface area contributed by atoms with E-state index in [9.17, 15) is 9.90 Å². The SMILES string of the molecule is COc1ccc(NC(=O)COC(C)(C)C)cc1O. The van der Waals surface area contributed by atoms with E-state index in [-0.39, 0.29) is 23.9 Å². The van der Waals surface area contributed by atoms with Crippen molar-refractivity contribution in [1.82, 2.24) is 0 Å². The molecule has 0 saturated carbocycles. The van der Waals surface area contributed by atoms with Gasteiger partial charge < -0.3 is 19.9 Å². The number of hydrogen-bond acceptors (Lipinski definition) is 4. The van der Waals surface area contributed by atoms with Crippen molar-refractivity contribution in [2.45, 2.75) is 26.4 Å². The second-order valence-corrected chi connectivity index (χ2v) is 4.84. The molecule has 0 saturated heterocycles. The maximum absolute atomic E-state index is 11.6. The molecule has 100 valence electrons. The molecular weight excluding hydrogens is 234 g/mol. The molecule has 1 aromatic carbocycles. The quantitative estimate of drug-likeness (QED) is 0.862. The number of amides is 1. The second-order valence-electron chi connectivity index (χ2n) is 4.84. The van der Waals surface area contributed by atoms with Crippen LogP contribution in [0, 0.1) is 0 Å². The van der Waals surface area contributed by atoms with Gasteiger partial charge in [0, 0.05) is 11.8 Å². The summed E-state index contributed by atoms with van der Waals surface area (Å²) in [4.78, 5) is 11.6. The van der Waals surface area contributed by atoms with E-state index in [1.54, 1.807) is 12.1 Å². The van der Waals surface area contributed by atoms with Crippen molar-refractivity contribution in [2.75, 3.05) is 19.0 Å². The summed E-state index contributed by atoms with van der Waals surface area (Å²) in [5.74, 6) is 0.0699. The van der Waals surface area contributed by atoms with Crippen molar-refractivity contribution in [1.29, 1.82) is 0 Å². The van der Waals surface area contributed by atoms with E-state index < -0.39 is 0 Å². The summed E-state index contributed by atoms with van der Waals surface area (Å²) in [5.41, 5.74) is 0.134. The maximum Gasteiger partial charge on any atom is 0.250 e. The predicted octanol–water partition coefficient (Wildman–Crippen LogP) is 2.15. The summed E-state index contributed by atoms with van der Waals surface area (Å²) in [6, 6.07) is 4.65. The topological polar surface area (TPSA) is 67.8 Å². The fourth-order valence-corrected chi connectivity index (χ4v) is 1.25. The zero-order chi connectivity index (χ0) is 13.8. The predicted molar refractivity (Wildman–Crippen MR) is 69.0 cm³/mol. The highest BCUT2D eigenvalue weighted by Gasteiger charge is 2.13. The lowest BCUT2D eigenvalue weighted by molar-refractivity contribution is -0.125. The van der Waals surface area contributed by atoms with Crippen LogP contribution in [0.5, 0.6) is 11.5 Å². The van der Waals surface area contributed by atoms with Gasteiger partial charge in [-0.2, -0.15) is 0 Å². The summed E-state index contributed by atoms with van der Waals surface area (Å²) in [6.45, 7) is 5.59. The molecule has 0 atom stereocenters. The highest BCUT2D eigenvalue weighted by molar-refractivity contribution is 5.92. The molecule has 1 rings (SSSR count). The number of anilines is 1. The molecule has 0 aliphatic carbocycles. The van der Waals surface area contributed by atoms with Gasteiger partial charge in [0.2, 0.25) is 5.91 Å². The zero-order valence-corrected chi connectivity index (χ0v) is 11.1. The summed E-state index contributed by atoms with van der Waals surface area (Å²) in [5, 5.41) is 12.2. The molecule has 0 unspecified atom stereocenters. The Balaban J connectivity index is 2.57. The molecule has 0 aliphatic rings. The van der Waals surface area contributed by atoms with Gasteiger partial charge >= 0.3 is 0 Å². The highest BCUT2D eigenvalue weighted by atomic mass is 16.5. The lowest BCUT2D eigenvalue weighted by atomic mass is 10.2. The lowest BCUT2D eigenvalue weighted by Gasteiger charge is -2.19. The maximum atomic E-state index is 11.6. The molecule has 5 heteroatoms. The molecule has 1 aromatic rings. The van der Waals surface area contributed by atoms with Gasteiger partial charge in [-0.25, -0.2) is 0 Å². The average Bonchev–Trinajstić information content (AvgIpc) is 2.26. The smallest absolute Gasteiger partial charge is 0.250 e. The number of phenolic OH excluding ortho intramolecular Hbond substituents is 1. The molecular formula is C13H19NO4. The van der Waals surface area contributed by atoms with Crippen molar-refractivity contribution < 1.29 is 19.4 Å². The summed E-state index contributed by atoms with van der Waals surface area (Å²) < 4.78 is 10.2. The van der Waals surface area contributed by atoms with Crippen LogP contribution in [0.3, 0.4) is 0 Å². The van der Waals surface area contributed by atoms with Crippen LogP contribution >= 0.6 is 0 Å². The molecule has 0 radical (unpaired) electrons. The van der Waals surface area contributed by atoms with Crippen molar-refractivity contribution in [3.8, 4) is 11.5 Å². The van der Waals surface area contributed by atoms with Crippen LogP contribution < -0.4 is 10.1 Å². The van der Waals surface area contributed by atoms with Crippen LogP contribution in [0.4, 0.5) is 5.69 Å². The fraction of sp³-hybridized carbons (Fsp3) is 0.462. The minimum atomic E-state index is -0.362. The number of benzene rings is 1. The van der Waals surface area contributed by atoms with E-state index >= 15 is 0 Å². The van der Waals surface area contributed by atoms with E-state index in [1.807, 2.05) is 20.8 Å². The number of carbonyl (C=O) groups is 1. The Morgan fingerprint density at radius 3 is 2.56 bits per heavy atom. The number of nitrogens with one attached hydrogen (secondary N) is 1. The number of carbonyl (C=O) groups excluding carboxylic acids is 1. The Bertz CT molecular complexity index is 423. The van der Waals surface area contributed by atoms with Gasteiger partial charge in [0.25, 0.3) is 0 Å². The van der Waals surface area contributed by atoms with Gasteiger partial charge in [-0.1, -0.05) is 0 Å². The van der Waals surface area contributed by atoms with Crippen LogP contribution in [-0.2, 0) is 9.53 Å². The Hall–Kier alpha value is -1.75. The second kappa shape index (κ2) is 5.73. The highest BCUT2D eigenvalue weighted by Crippen LogP contribution is 2.28. The van der Waals surface area contributed by atoms with Crippen LogP contribution in [-0.4, -0.2) is 30.3 Å². The van der Waals surface area contributed by atoms with E-state index in [0.717, 1.165) is 0 Å². The summed E-state index contributed by atoms with van der Waals surface area (Å²) in [6.07, 6.45) is 0. The van der Waals surface area contributed by atoms with Gasteiger partial charge in [0.15, 0.2) is 11.5 Å². The molecule has 0 heterocycles. The number of ether oxygens (including phenoxy) is 2. The normalized spacial score (nSPS) is 11.1. The number of aromatic hydroxyl groups is 1. The van der Waals surface area contributed by atoms with Gasteiger partial charge in [-0.05, 0) is 32.9 Å². The fourth-order valence-electron chi connectivity index (χ4n) is 1.25. The number of methoxy groups -OCH3 is 1. The van der Waals surface area contributed by atoms with Gasteiger partial charge in [-0.3, -0.25) is 4.79 Å². The number of rotatable bonds is 4. The Kier molecular flexibility index (Phi) is 4.55. The number of phenols is 1. The van der Waals surface area contributed by atoms with Crippen LogP contribution in [0.1, 0.15) is 20.8 Å². The minimum absolute atomic E-state index is 0.0213.